The molecule has 0 spiro atoms. The number of ether oxygens (including phenoxy) is 1. The fourth-order valence-electron chi connectivity index (χ4n) is 3.17. The number of aromatic nitrogens is 1. The maximum atomic E-state index is 6.06. The van der Waals surface area contributed by atoms with Crippen LogP contribution in [0.25, 0.3) is 0 Å². The molecule has 1 saturated carbocycles. The largest absolute Gasteiger partial charge is 0.378 e. The molecule has 0 aliphatic heterocycles. The molecule has 6 nitrogen and oxygen atoms in total. The second kappa shape index (κ2) is 15.3. The molecule has 28 heavy (non-hydrogen) atoms. The van der Waals surface area contributed by atoms with Crippen molar-refractivity contribution in [2.45, 2.75) is 70.9 Å². The predicted molar refractivity (Wildman–Crippen MR) is 131 cm³/mol. The van der Waals surface area contributed by atoms with E-state index in [0.29, 0.717) is 12.6 Å². The average molecular weight is 524 g/mol. The van der Waals surface area contributed by atoms with E-state index in [0.717, 1.165) is 49.3 Å². The minimum Gasteiger partial charge on any atom is -0.378 e. The zero-order valence-corrected chi connectivity index (χ0v) is 20.9. The highest BCUT2D eigenvalue weighted by Crippen LogP contribution is 2.20. The number of hydrogen-bond donors (Lipinski definition) is 2. The number of unbranched alkanes of at least 4 members (excludes halogenated alkanes) is 1. The van der Waals surface area contributed by atoms with E-state index in [9.17, 15) is 0 Å². The van der Waals surface area contributed by atoms with Crippen molar-refractivity contribution < 1.29 is 4.74 Å². The number of halogens is 1. The van der Waals surface area contributed by atoms with E-state index in [2.05, 4.69) is 32.9 Å². The monoisotopic (exact) mass is 523 g/mol. The van der Waals surface area contributed by atoms with Gasteiger partial charge in [-0.2, -0.15) is 0 Å². The first-order valence-electron chi connectivity index (χ1n) is 10.4. The summed E-state index contributed by atoms with van der Waals surface area (Å²) in [5.74, 6) is 0.863. The van der Waals surface area contributed by atoms with Crippen molar-refractivity contribution in [3.63, 3.8) is 0 Å². The zero-order valence-electron chi connectivity index (χ0n) is 17.7. The van der Waals surface area contributed by atoms with E-state index in [4.69, 9.17) is 4.74 Å². The molecule has 1 fully saturated rings. The van der Waals surface area contributed by atoms with Crippen molar-refractivity contribution in [3.8, 4) is 0 Å². The summed E-state index contributed by atoms with van der Waals surface area (Å²) in [5.41, 5.74) is 1.01. The normalized spacial score (nSPS) is 15.6. The Morgan fingerprint density at radius 1 is 1.21 bits per heavy atom. The number of hydrogen-bond acceptors (Lipinski definition) is 5. The summed E-state index contributed by atoms with van der Waals surface area (Å²) < 4.78 is 6.06. The number of aliphatic imine (C=N–C) groups is 1. The molecule has 1 aromatic heterocycles. The van der Waals surface area contributed by atoms with Gasteiger partial charge in [0.15, 0.2) is 11.1 Å². The molecular formula is C20H38IN5OS. The van der Waals surface area contributed by atoms with E-state index >= 15 is 0 Å². The third-order valence-corrected chi connectivity index (χ3v) is 5.74. The average Bonchev–Trinajstić information content (AvgIpc) is 2.99. The second-order valence-electron chi connectivity index (χ2n) is 7.33. The van der Waals surface area contributed by atoms with Gasteiger partial charge in [0.05, 0.1) is 18.3 Å². The Morgan fingerprint density at radius 3 is 2.61 bits per heavy atom. The Bertz CT molecular complexity index is 544. The molecule has 0 unspecified atom stereocenters. The fourth-order valence-corrected chi connectivity index (χ4v) is 3.92. The van der Waals surface area contributed by atoms with E-state index < -0.39 is 0 Å². The smallest absolute Gasteiger partial charge is 0.191 e. The fraction of sp³-hybridized carbons (Fsp3) is 0.800. The Balaban J connectivity index is 0.00000392. The van der Waals surface area contributed by atoms with Crippen molar-refractivity contribution in [1.29, 1.82) is 0 Å². The summed E-state index contributed by atoms with van der Waals surface area (Å²) in [6.07, 6.45) is 10.6. The Kier molecular flexibility index (Phi) is 13.9. The van der Waals surface area contributed by atoms with Gasteiger partial charge in [-0.05, 0) is 32.6 Å². The van der Waals surface area contributed by atoms with E-state index in [1.165, 1.54) is 38.5 Å². The third-order valence-electron chi connectivity index (χ3n) is 4.68. The summed E-state index contributed by atoms with van der Waals surface area (Å²) in [6.45, 7) is 5.35. The van der Waals surface area contributed by atoms with Gasteiger partial charge in [-0.15, -0.1) is 35.3 Å². The lowest BCUT2D eigenvalue weighted by Gasteiger charge is -2.15. The van der Waals surface area contributed by atoms with Gasteiger partial charge in [-0.3, -0.25) is 0 Å². The van der Waals surface area contributed by atoms with Crippen molar-refractivity contribution in [1.82, 2.24) is 15.6 Å². The molecule has 1 aromatic rings. The van der Waals surface area contributed by atoms with Gasteiger partial charge < -0.3 is 20.3 Å². The molecular weight excluding hydrogens is 485 g/mol. The number of nitrogens with zero attached hydrogens (tertiary/aromatic N) is 3. The van der Waals surface area contributed by atoms with Crippen LogP contribution < -0.4 is 15.5 Å². The van der Waals surface area contributed by atoms with Gasteiger partial charge in [0.25, 0.3) is 0 Å². The molecule has 8 heteroatoms. The first-order chi connectivity index (χ1) is 13.2. The van der Waals surface area contributed by atoms with Crippen molar-refractivity contribution >= 4 is 46.4 Å². The van der Waals surface area contributed by atoms with Crippen LogP contribution in [-0.4, -0.2) is 50.8 Å². The number of nitrogens with one attached hydrogen (secondary N) is 2. The van der Waals surface area contributed by atoms with E-state index in [1.807, 2.05) is 19.0 Å². The first-order valence-corrected chi connectivity index (χ1v) is 11.3. The van der Waals surface area contributed by atoms with Gasteiger partial charge in [0.2, 0.25) is 0 Å². The standard InChI is InChI=1S/C20H37N5OS.HI/c1-4-21-19(23-15-17-16-27-20(24-17)25(2)3)22-13-9-10-14-26-18-11-7-5-6-8-12-18;/h16,18H,4-15H2,1-3H3,(H2,21,22,23);1H. The summed E-state index contributed by atoms with van der Waals surface area (Å²) >= 11 is 1.65. The Labute approximate surface area is 192 Å². The lowest BCUT2D eigenvalue weighted by Crippen LogP contribution is -2.37. The molecule has 2 rings (SSSR count). The topological polar surface area (TPSA) is 61.8 Å². The molecule has 0 atom stereocenters. The van der Waals surface area contributed by atoms with Crippen molar-refractivity contribution in [2.24, 2.45) is 4.99 Å². The maximum absolute atomic E-state index is 6.06. The SMILES string of the molecule is CCNC(=NCc1csc(N(C)C)n1)NCCCCOC1CCCCCC1.I. The number of anilines is 1. The van der Waals surface area contributed by atoms with Gasteiger partial charge >= 0.3 is 0 Å². The van der Waals surface area contributed by atoms with Gasteiger partial charge in [-0.1, -0.05) is 25.7 Å². The predicted octanol–water partition coefficient (Wildman–Crippen LogP) is 4.40. The lowest BCUT2D eigenvalue weighted by atomic mass is 10.1. The highest BCUT2D eigenvalue weighted by atomic mass is 127. The molecule has 2 N–H and O–H groups in total. The van der Waals surface area contributed by atoms with Gasteiger partial charge in [-0.25, -0.2) is 9.98 Å². The highest BCUT2D eigenvalue weighted by molar-refractivity contribution is 14.0. The molecule has 162 valence electrons. The van der Waals surface area contributed by atoms with Crippen LogP contribution in [0.2, 0.25) is 0 Å². The number of thiazole rings is 1. The summed E-state index contributed by atoms with van der Waals surface area (Å²) in [5, 5.41) is 9.82. The van der Waals surface area contributed by atoms with Crippen LogP contribution in [0, 0.1) is 0 Å². The van der Waals surface area contributed by atoms with Crippen LogP contribution >= 0.6 is 35.3 Å². The molecule has 0 aromatic carbocycles. The Morgan fingerprint density at radius 2 is 1.96 bits per heavy atom. The van der Waals surface area contributed by atoms with Crippen molar-refractivity contribution in [3.05, 3.63) is 11.1 Å². The van der Waals surface area contributed by atoms with Crippen LogP contribution in [0.3, 0.4) is 0 Å². The number of guanidine groups is 1. The second-order valence-corrected chi connectivity index (χ2v) is 8.17. The lowest BCUT2D eigenvalue weighted by molar-refractivity contribution is 0.0411. The van der Waals surface area contributed by atoms with Gasteiger partial charge in [0, 0.05) is 39.2 Å². The first kappa shape index (κ1) is 25.4. The molecule has 1 aliphatic rings. The molecule has 0 bridgehead atoms. The molecule has 1 aliphatic carbocycles. The zero-order chi connectivity index (χ0) is 19.3. The summed E-state index contributed by atoms with van der Waals surface area (Å²) in [7, 11) is 4.02. The Hall–Kier alpha value is -0.610. The summed E-state index contributed by atoms with van der Waals surface area (Å²) in [6, 6.07) is 0. The summed E-state index contributed by atoms with van der Waals surface area (Å²) in [4.78, 5) is 11.3. The molecule has 0 amide bonds. The van der Waals surface area contributed by atoms with Crippen molar-refractivity contribution in [2.75, 3.05) is 38.7 Å². The minimum atomic E-state index is 0. The molecule has 1 heterocycles. The van der Waals surface area contributed by atoms with Gasteiger partial charge in [0.1, 0.15) is 0 Å². The third kappa shape index (κ3) is 10.2. The van der Waals surface area contributed by atoms with Crippen LogP contribution in [0.4, 0.5) is 5.13 Å². The molecule has 0 radical (unpaired) electrons. The van der Waals surface area contributed by atoms with E-state index in [-0.39, 0.29) is 24.0 Å². The van der Waals surface area contributed by atoms with Crippen LogP contribution in [0.15, 0.2) is 10.4 Å². The quantitative estimate of drug-likeness (QED) is 0.157. The maximum Gasteiger partial charge on any atom is 0.191 e. The highest BCUT2D eigenvalue weighted by Gasteiger charge is 2.11. The molecule has 0 saturated heterocycles. The van der Waals surface area contributed by atoms with Crippen LogP contribution in [0.5, 0.6) is 0 Å². The number of rotatable bonds is 10. The van der Waals surface area contributed by atoms with E-state index in [1.54, 1.807) is 11.3 Å². The van der Waals surface area contributed by atoms with Crippen LogP contribution in [0.1, 0.15) is 64.0 Å². The van der Waals surface area contributed by atoms with Crippen LogP contribution in [-0.2, 0) is 11.3 Å². The minimum absolute atomic E-state index is 0.